The maximum absolute atomic E-state index is 8.13. The number of nitrogens with zero attached hydrogens (tertiary/aromatic N) is 1. The molecule has 0 fully saturated rings. The van der Waals surface area contributed by atoms with Gasteiger partial charge in [0.25, 0.3) is 0 Å². The van der Waals surface area contributed by atoms with Crippen LogP contribution in [0.25, 0.3) is 0 Å². The molecule has 0 aliphatic rings. The van der Waals surface area contributed by atoms with Crippen LogP contribution in [0.5, 0.6) is 0 Å². The van der Waals surface area contributed by atoms with Crippen molar-refractivity contribution in [1.29, 1.82) is 5.26 Å². The van der Waals surface area contributed by atoms with E-state index < -0.39 is 3.79 Å². The van der Waals surface area contributed by atoms with E-state index in [4.69, 9.17) is 40.1 Å². The highest BCUT2D eigenvalue weighted by Gasteiger charge is 2.16. The summed E-state index contributed by atoms with van der Waals surface area (Å²) in [7, 11) is 0. The summed E-state index contributed by atoms with van der Waals surface area (Å²) in [6, 6.07) is 0. The molecule has 0 amide bonds. The number of allylic oxidation sites excluding steroid dienone is 1. The van der Waals surface area contributed by atoms with E-state index in [9.17, 15) is 0 Å². The first kappa shape index (κ1) is 11.4. The van der Waals surface area contributed by atoms with E-state index in [1.165, 1.54) is 0 Å². The fourth-order valence-corrected chi connectivity index (χ4v) is 0.944. The monoisotopic (exact) mass is 229 g/mol. The third kappa shape index (κ3) is 10.4. The van der Waals surface area contributed by atoms with Gasteiger partial charge in [-0.3, -0.25) is 0 Å². The minimum atomic E-state index is -1.21. The third-order valence-corrected chi connectivity index (χ3v) is 1.71. The molecule has 11 heavy (non-hydrogen) atoms. The summed E-state index contributed by atoms with van der Waals surface area (Å²) in [6.45, 7) is 0. The summed E-state index contributed by atoms with van der Waals surface area (Å²) in [6.07, 6.45) is 3.93. The fourth-order valence-electron chi connectivity index (χ4n) is 0.370. The van der Waals surface area contributed by atoms with Crippen molar-refractivity contribution < 1.29 is 0 Å². The quantitative estimate of drug-likeness (QED) is 0.321. The normalized spacial score (nSPS) is 11.8. The summed E-state index contributed by atoms with van der Waals surface area (Å²) >= 11 is 17.5. The molecule has 0 bridgehead atoms. The van der Waals surface area contributed by atoms with E-state index in [0.717, 1.165) is 11.8 Å². The number of thioether (sulfide) groups is 1. The summed E-state index contributed by atoms with van der Waals surface area (Å²) < 4.78 is -1.21. The molecule has 62 valence electrons. The maximum atomic E-state index is 8.13. The van der Waals surface area contributed by atoms with E-state index in [1.54, 1.807) is 12.2 Å². The van der Waals surface area contributed by atoms with Crippen LogP contribution in [0.1, 0.15) is 6.42 Å². The topological polar surface area (TPSA) is 23.8 Å². The Hall–Kier alpha value is 0.450. The van der Waals surface area contributed by atoms with Crippen molar-refractivity contribution in [3.05, 3.63) is 12.2 Å². The Labute approximate surface area is 85.3 Å². The summed E-state index contributed by atoms with van der Waals surface area (Å²) in [5.74, 6) is 0.636. The third-order valence-electron chi connectivity index (χ3n) is 0.760. The van der Waals surface area contributed by atoms with Gasteiger partial charge in [0.05, 0.1) is 0 Å². The fraction of sp³-hybridized carbons (Fsp3) is 0.500. The minimum Gasteiger partial charge on any atom is -0.185 e. The van der Waals surface area contributed by atoms with Gasteiger partial charge < -0.3 is 0 Å². The van der Waals surface area contributed by atoms with Gasteiger partial charge in [0.15, 0.2) is 3.79 Å². The molecule has 0 spiro atoms. The average molecular weight is 231 g/mol. The molecule has 0 atom stereocenters. The average Bonchev–Trinajstić information content (AvgIpc) is 1.85. The molecule has 0 aliphatic carbocycles. The highest BCUT2D eigenvalue weighted by molar-refractivity contribution is 8.03. The van der Waals surface area contributed by atoms with Crippen LogP contribution in [0.3, 0.4) is 0 Å². The van der Waals surface area contributed by atoms with Gasteiger partial charge in [0.2, 0.25) is 0 Å². The molecule has 0 aromatic rings. The molecular formula is C6H6Cl3NS. The lowest BCUT2D eigenvalue weighted by Gasteiger charge is -2.04. The van der Waals surface area contributed by atoms with E-state index in [2.05, 4.69) is 0 Å². The van der Waals surface area contributed by atoms with Crippen LogP contribution in [0.15, 0.2) is 12.2 Å². The number of nitriles is 1. The Kier molecular flexibility index (Phi) is 6.27. The maximum Gasteiger partial charge on any atom is 0.194 e. The molecule has 0 aromatic heterocycles. The molecule has 0 heterocycles. The molecule has 0 N–H and O–H groups in total. The van der Waals surface area contributed by atoms with Gasteiger partial charge in [-0.15, -0.1) is 0 Å². The number of alkyl halides is 3. The van der Waals surface area contributed by atoms with Crippen molar-refractivity contribution >= 4 is 46.6 Å². The molecule has 0 saturated carbocycles. The van der Waals surface area contributed by atoms with Gasteiger partial charge >= 0.3 is 0 Å². The van der Waals surface area contributed by atoms with Crippen molar-refractivity contribution in [2.24, 2.45) is 0 Å². The molecular weight excluding hydrogens is 224 g/mol. The molecule has 0 aromatic carbocycles. The first-order valence-corrected chi connectivity index (χ1v) is 4.91. The molecule has 5 heteroatoms. The predicted molar refractivity (Wildman–Crippen MR) is 52.1 cm³/mol. The standard InChI is InChI=1S/C6H6Cl3NS/c7-6(8,9)3-1-2-4-11-5-10/h1-2H,3-4H2. The van der Waals surface area contributed by atoms with Crippen LogP contribution in [-0.4, -0.2) is 9.55 Å². The van der Waals surface area contributed by atoms with Gasteiger partial charge in [-0.25, -0.2) is 0 Å². The molecule has 0 aliphatic heterocycles. The Morgan fingerprint density at radius 2 is 2.00 bits per heavy atom. The zero-order valence-electron chi connectivity index (χ0n) is 5.56. The molecule has 0 radical (unpaired) electrons. The lowest BCUT2D eigenvalue weighted by Crippen LogP contribution is -1.97. The highest BCUT2D eigenvalue weighted by Crippen LogP contribution is 2.30. The van der Waals surface area contributed by atoms with E-state index >= 15 is 0 Å². The molecule has 0 unspecified atom stereocenters. The van der Waals surface area contributed by atoms with Gasteiger partial charge in [0.1, 0.15) is 5.40 Å². The zero-order chi connectivity index (χ0) is 8.74. The van der Waals surface area contributed by atoms with Crippen LogP contribution in [0.2, 0.25) is 0 Å². The second-order valence-corrected chi connectivity index (χ2v) is 5.01. The Balaban J connectivity index is 3.39. The first-order valence-electron chi connectivity index (χ1n) is 2.79. The Morgan fingerprint density at radius 3 is 2.45 bits per heavy atom. The number of hydrogen-bond acceptors (Lipinski definition) is 2. The highest BCUT2D eigenvalue weighted by atomic mass is 35.6. The SMILES string of the molecule is N#CSCC=CCC(Cl)(Cl)Cl. The van der Waals surface area contributed by atoms with E-state index in [0.29, 0.717) is 12.2 Å². The van der Waals surface area contributed by atoms with Crippen molar-refractivity contribution in [3.63, 3.8) is 0 Å². The summed E-state index contributed by atoms with van der Waals surface area (Å²) in [5.41, 5.74) is 0. The van der Waals surface area contributed by atoms with Gasteiger partial charge in [-0.1, -0.05) is 47.0 Å². The lowest BCUT2D eigenvalue weighted by atomic mass is 10.4. The van der Waals surface area contributed by atoms with Gasteiger partial charge in [-0.05, 0) is 11.8 Å². The van der Waals surface area contributed by atoms with Crippen LogP contribution in [0.4, 0.5) is 0 Å². The van der Waals surface area contributed by atoms with E-state index in [1.807, 2.05) is 5.40 Å². The second kappa shape index (κ2) is 6.02. The second-order valence-electron chi connectivity index (χ2n) is 1.69. The van der Waals surface area contributed by atoms with Crippen molar-refractivity contribution in [1.82, 2.24) is 0 Å². The van der Waals surface area contributed by atoms with Crippen molar-refractivity contribution in [2.75, 3.05) is 5.75 Å². The van der Waals surface area contributed by atoms with Gasteiger partial charge in [0, 0.05) is 12.2 Å². The van der Waals surface area contributed by atoms with E-state index in [-0.39, 0.29) is 0 Å². The van der Waals surface area contributed by atoms with Crippen LogP contribution in [-0.2, 0) is 0 Å². The Bertz CT molecular complexity index is 168. The van der Waals surface area contributed by atoms with Crippen molar-refractivity contribution in [3.8, 4) is 5.40 Å². The molecule has 0 saturated heterocycles. The molecule has 0 rings (SSSR count). The number of hydrogen-bond donors (Lipinski definition) is 0. The van der Waals surface area contributed by atoms with Crippen molar-refractivity contribution in [2.45, 2.75) is 10.2 Å². The Morgan fingerprint density at radius 1 is 1.36 bits per heavy atom. The number of halogens is 3. The number of thiocyanates is 1. The van der Waals surface area contributed by atoms with Gasteiger partial charge in [-0.2, -0.15) is 5.26 Å². The number of rotatable bonds is 3. The summed E-state index contributed by atoms with van der Waals surface area (Å²) in [4.78, 5) is 0. The van der Waals surface area contributed by atoms with Crippen LogP contribution >= 0.6 is 46.6 Å². The predicted octanol–water partition coefficient (Wildman–Crippen LogP) is 3.52. The largest absolute Gasteiger partial charge is 0.194 e. The smallest absolute Gasteiger partial charge is 0.185 e. The summed E-state index contributed by atoms with van der Waals surface area (Å²) in [5, 5.41) is 10.1. The zero-order valence-corrected chi connectivity index (χ0v) is 8.64. The minimum absolute atomic E-state index is 0.379. The molecule has 1 nitrogen and oxygen atoms in total. The lowest BCUT2D eigenvalue weighted by molar-refractivity contribution is 1.07. The van der Waals surface area contributed by atoms with Crippen LogP contribution in [0, 0.1) is 10.7 Å². The van der Waals surface area contributed by atoms with Crippen LogP contribution < -0.4 is 0 Å². The first-order chi connectivity index (χ1) is 5.06.